The van der Waals surface area contributed by atoms with Crippen LogP contribution in [0.3, 0.4) is 0 Å². The number of amides is 1. The Kier molecular flexibility index (Phi) is 4.83. The molecule has 2 aliphatic rings. The van der Waals surface area contributed by atoms with Crippen LogP contribution in [0.5, 0.6) is 0 Å². The maximum absolute atomic E-state index is 12.3. The summed E-state index contributed by atoms with van der Waals surface area (Å²) in [5.74, 6) is 0.112. The molecule has 114 valence electrons. The summed E-state index contributed by atoms with van der Waals surface area (Å²) in [7, 11) is 0. The van der Waals surface area contributed by atoms with E-state index in [1.165, 1.54) is 0 Å². The molecule has 1 N–H and O–H groups in total. The molecule has 2 fully saturated rings. The van der Waals surface area contributed by atoms with Gasteiger partial charge in [0, 0.05) is 12.5 Å². The quantitative estimate of drug-likeness (QED) is 0.603. The average Bonchev–Trinajstić information content (AvgIpc) is 2.80. The van der Waals surface area contributed by atoms with Crippen molar-refractivity contribution in [2.75, 3.05) is 26.4 Å². The van der Waals surface area contributed by atoms with Gasteiger partial charge in [0.15, 0.2) is 0 Å². The van der Waals surface area contributed by atoms with E-state index in [9.17, 15) is 9.90 Å². The van der Waals surface area contributed by atoms with Gasteiger partial charge in [0.05, 0.1) is 32.0 Å². The van der Waals surface area contributed by atoms with E-state index in [-0.39, 0.29) is 18.1 Å². The zero-order chi connectivity index (χ0) is 14.8. The summed E-state index contributed by atoms with van der Waals surface area (Å²) >= 11 is 0. The maximum Gasteiger partial charge on any atom is 0.254 e. The first-order valence-corrected chi connectivity index (χ1v) is 7.29. The molecular formula is C15H25NO4. The number of morpholine rings is 1. The van der Waals surface area contributed by atoms with Gasteiger partial charge in [-0.15, -0.1) is 6.58 Å². The molecule has 0 aromatic rings. The summed E-state index contributed by atoms with van der Waals surface area (Å²) in [6.45, 7) is 8.98. The van der Waals surface area contributed by atoms with Crippen molar-refractivity contribution in [3.05, 3.63) is 12.7 Å². The fourth-order valence-corrected chi connectivity index (χ4v) is 3.15. The molecule has 0 bridgehead atoms. The SMILES string of the molecule is C=CCOC[C@@H]1CC[C@@H]2[C@H]1OCCN2C(=O)C(C)(C)O. The molecule has 0 unspecified atom stereocenters. The van der Waals surface area contributed by atoms with Crippen LogP contribution < -0.4 is 0 Å². The molecule has 0 aromatic heterocycles. The van der Waals surface area contributed by atoms with Gasteiger partial charge < -0.3 is 19.5 Å². The summed E-state index contributed by atoms with van der Waals surface area (Å²) < 4.78 is 11.4. The van der Waals surface area contributed by atoms with E-state index >= 15 is 0 Å². The van der Waals surface area contributed by atoms with Crippen LogP contribution in [-0.2, 0) is 14.3 Å². The molecule has 1 saturated carbocycles. The van der Waals surface area contributed by atoms with Crippen LogP contribution in [0.2, 0.25) is 0 Å². The number of carbonyl (C=O) groups excluding carboxylic acids is 1. The third kappa shape index (κ3) is 3.22. The van der Waals surface area contributed by atoms with Crippen molar-refractivity contribution in [1.29, 1.82) is 0 Å². The first-order valence-electron chi connectivity index (χ1n) is 7.29. The average molecular weight is 283 g/mol. The van der Waals surface area contributed by atoms with Crippen molar-refractivity contribution in [2.24, 2.45) is 5.92 Å². The fraction of sp³-hybridized carbons (Fsp3) is 0.800. The number of rotatable bonds is 5. The lowest BCUT2D eigenvalue weighted by Crippen LogP contribution is -2.57. The zero-order valence-corrected chi connectivity index (χ0v) is 12.4. The predicted molar refractivity (Wildman–Crippen MR) is 75.3 cm³/mol. The minimum atomic E-state index is -1.32. The molecule has 0 aromatic carbocycles. The Morgan fingerprint density at radius 3 is 2.95 bits per heavy atom. The van der Waals surface area contributed by atoms with Gasteiger partial charge in [0.25, 0.3) is 5.91 Å². The van der Waals surface area contributed by atoms with Crippen LogP contribution in [0.1, 0.15) is 26.7 Å². The van der Waals surface area contributed by atoms with E-state index in [1.54, 1.807) is 24.8 Å². The van der Waals surface area contributed by atoms with Crippen LogP contribution in [0, 0.1) is 5.92 Å². The third-order valence-corrected chi connectivity index (χ3v) is 4.07. The monoisotopic (exact) mass is 283 g/mol. The molecular weight excluding hydrogens is 258 g/mol. The highest BCUT2D eigenvalue weighted by atomic mass is 16.5. The van der Waals surface area contributed by atoms with Crippen LogP contribution in [0.4, 0.5) is 0 Å². The van der Waals surface area contributed by atoms with E-state index in [4.69, 9.17) is 9.47 Å². The number of nitrogens with zero attached hydrogens (tertiary/aromatic N) is 1. The zero-order valence-electron chi connectivity index (χ0n) is 12.4. The van der Waals surface area contributed by atoms with E-state index in [0.717, 1.165) is 12.8 Å². The Morgan fingerprint density at radius 2 is 2.30 bits per heavy atom. The Balaban J connectivity index is 2.00. The third-order valence-electron chi connectivity index (χ3n) is 4.07. The van der Waals surface area contributed by atoms with Gasteiger partial charge >= 0.3 is 0 Å². The van der Waals surface area contributed by atoms with Gasteiger partial charge in [-0.1, -0.05) is 6.08 Å². The maximum atomic E-state index is 12.3. The summed E-state index contributed by atoms with van der Waals surface area (Å²) in [6, 6.07) is 0.0695. The van der Waals surface area contributed by atoms with Crippen molar-refractivity contribution < 1.29 is 19.4 Å². The number of hydrogen-bond acceptors (Lipinski definition) is 4. The molecule has 2 rings (SSSR count). The second-order valence-corrected chi connectivity index (χ2v) is 6.12. The molecule has 20 heavy (non-hydrogen) atoms. The second kappa shape index (κ2) is 6.24. The first-order chi connectivity index (χ1) is 9.45. The number of ether oxygens (including phenoxy) is 2. The van der Waals surface area contributed by atoms with Crippen molar-refractivity contribution in [3.63, 3.8) is 0 Å². The highest BCUT2D eigenvalue weighted by Crippen LogP contribution is 2.35. The lowest BCUT2D eigenvalue weighted by Gasteiger charge is -2.41. The van der Waals surface area contributed by atoms with E-state index in [1.807, 2.05) is 0 Å². The molecule has 3 atom stereocenters. The predicted octanol–water partition coefficient (Wildman–Crippen LogP) is 0.966. The lowest BCUT2D eigenvalue weighted by molar-refractivity contribution is -0.162. The molecule has 1 amide bonds. The van der Waals surface area contributed by atoms with Gasteiger partial charge in [0.1, 0.15) is 5.60 Å². The minimum Gasteiger partial charge on any atom is -0.381 e. The summed E-state index contributed by atoms with van der Waals surface area (Å²) in [5, 5.41) is 9.93. The molecule has 0 spiro atoms. The van der Waals surface area contributed by atoms with E-state index in [0.29, 0.717) is 32.3 Å². The smallest absolute Gasteiger partial charge is 0.254 e. The van der Waals surface area contributed by atoms with Crippen molar-refractivity contribution >= 4 is 5.91 Å². The number of hydrogen-bond donors (Lipinski definition) is 1. The minimum absolute atomic E-state index is 0.0277. The van der Waals surface area contributed by atoms with Crippen molar-refractivity contribution in [1.82, 2.24) is 4.90 Å². The number of aliphatic hydroxyl groups is 1. The fourth-order valence-electron chi connectivity index (χ4n) is 3.15. The van der Waals surface area contributed by atoms with Crippen LogP contribution in [0.25, 0.3) is 0 Å². The molecule has 1 aliphatic heterocycles. The summed E-state index contributed by atoms with van der Waals surface area (Å²) in [6.07, 6.45) is 3.66. The highest BCUT2D eigenvalue weighted by molar-refractivity contribution is 5.84. The first kappa shape index (κ1) is 15.5. The molecule has 1 saturated heterocycles. The molecule has 1 heterocycles. The Labute approximate surface area is 120 Å². The van der Waals surface area contributed by atoms with Crippen molar-refractivity contribution in [3.8, 4) is 0 Å². The largest absolute Gasteiger partial charge is 0.381 e. The number of carbonyl (C=O) groups is 1. The Morgan fingerprint density at radius 1 is 1.55 bits per heavy atom. The standard InChI is InChI=1S/C15H25NO4/c1-4-8-19-10-11-5-6-12-13(11)20-9-7-16(12)14(17)15(2,3)18/h4,11-13,18H,1,5-10H2,2-3H3/t11-,12+,13-/m0/s1. The van der Waals surface area contributed by atoms with E-state index < -0.39 is 5.60 Å². The normalized spacial score (nSPS) is 30.1. The van der Waals surface area contributed by atoms with Crippen LogP contribution >= 0.6 is 0 Å². The van der Waals surface area contributed by atoms with Gasteiger partial charge in [-0.05, 0) is 26.7 Å². The molecule has 5 heteroatoms. The van der Waals surface area contributed by atoms with Crippen LogP contribution in [-0.4, -0.2) is 60.0 Å². The van der Waals surface area contributed by atoms with Gasteiger partial charge in [-0.25, -0.2) is 0 Å². The molecule has 1 aliphatic carbocycles. The number of fused-ring (bicyclic) bond motifs is 1. The lowest BCUT2D eigenvalue weighted by atomic mass is 10.0. The van der Waals surface area contributed by atoms with Gasteiger partial charge in [0.2, 0.25) is 0 Å². The van der Waals surface area contributed by atoms with E-state index in [2.05, 4.69) is 6.58 Å². The topological polar surface area (TPSA) is 59.0 Å². The Hall–Kier alpha value is -0.910. The Bertz CT molecular complexity index is 363. The highest BCUT2D eigenvalue weighted by Gasteiger charge is 2.46. The summed E-state index contributed by atoms with van der Waals surface area (Å²) in [5.41, 5.74) is -1.32. The molecule has 0 radical (unpaired) electrons. The van der Waals surface area contributed by atoms with Gasteiger partial charge in [-0.3, -0.25) is 4.79 Å². The second-order valence-electron chi connectivity index (χ2n) is 6.12. The molecule has 5 nitrogen and oxygen atoms in total. The van der Waals surface area contributed by atoms with Crippen LogP contribution in [0.15, 0.2) is 12.7 Å². The van der Waals surface area contributed by atoms with Gasteiger partial charge in [-0.2, -0.15) is 0 Å². The van der Waals surface area contributed by atoms with Crippen molar-refractivity contribution in [2.45, 2.75) is 44.4 Å². The summed E-state index contributed by atoms with van der Waals surface area (Å²) in [4.78, 5) is 14.1.